The standard InChI is InChI=1S/C17H19FN2O/c1-13(17(21)19-15-9-4-3-5-10-15)20(2)12-14-8-6-7-11-16(14)18/h3-11,13H,12H2,1-2H3,(H,19,21). The summed E-state index contributed by atoms with van der Waals surface area (Å²) in [6, 6.07) is 15.5. The van der Waals surface area contributed by atoms with E-state index in [-0.39, 0.29) is 17.8 Å². The van der Waals surface area contributed by atoms with Crippen molar-refractivity contribution in [2.45, 2.75) is 19.5 Å². The molecule has 0 aromatic heterocycles. The molecule has 0 aliphatic heterocycles. The van der Waals surface area contributed by atoms with E-state index in [1.807, 2.05) is 42.3 Å². The van der Waals surface area contributed by atoms with Crippen molar-refractivity contribution >= 4 is 11.6 Å². The van der Waals surface area contributed by atoms with Crippen LogP contribution in [-0.2, 0) is 11.3 Å². The minimum atomic E-state index is -0.357. The zero-order chi connectivity index (χ0) is 15.2. The summed E-state index contributed by atoms with van der Waals surface area (Å²) >= 11 is 0. The molecule has 21 heavy (non-hydrogen) atoms. The summed E-state index contributed by atoms with van der Waals surface area (Å²) in [7, 11) is 1.81. The molecular formula is C17H19FN2O. The number of nitrogens with one attached hydrogen (secondary N) is 1. The maximum absolute atomic E-state index is 13.6. The summed E-state index contributed by atoms with van der Waals surface area (Å²) in [5.41, 5.74) is 1.34. The molecule has 4 heteroatoms. The van der Waals surface area contributed by atoms with Gasteiger partial charge in [0.25, 0.3) is 0 Å². The van der Waals surface area contributed by atoms with Crippen LogP contribution in [0.5, 0.6) is 0 Å². The third-order valence-electron chi connectivity index (χ3n) is 3.46. The average Bonchev–Trinajstić information content (AvgIpc) is 2.49. The number of halogens is 1. The van der Waals surface area contributed by atoms with Gasteiger partial charge in [-0.05, 0) is 32.2 Å². The normalized spacial score (nSPS) is 12.2. The fourth-order valence-electron chi connectivity index (χ4n) is 2.00. The highest BCUT2D eigenvalue weighted by molar-refractivity contribution is 5.94. The molecule has 110 valence electrons. The third-order valence-corrected chi connectivity index (χ3v) is 3.46. The van der Waals surface area contributed by atoms with Gasteiger partial charge in [0.15, 0.2) is 0 Å². The topological polar surface area (TPSA) is 32.3 Å². The van der Waals surface area contributed by atoms with Gasteiger partial charge >= 0.3 is 0 Å². The van der Waals surface area contributed by atoms with Crippen molar-refractivity contribution in [1.82, 2.24) is 4.90 Å². The fraction of sp³-hybridized carbons (Fsp3) is 0.235. The molecular weight excluding hydrogens is 267 g/mol. The largest absolute Gasteiger partial charge is 0.325 e. The number of rotatable bonds is 5. The highest BCUT2D eigenvalue weighted by atomic mass is 19.1. The van der Waals surface area contributed by atoms with Gasteiger partial charge in [0.2, 0.25) is 5.91 Å². The maximum atomic E-state index is 13.6. The first-order valence-electron chi connectivity index (χ1n) is 6.87. The maximum Gasteiger partial charge on any atom is 0.241 e. The highest BCUT2D eigenvalue weighted by Gasteiger charge is 2.19. The predicted octanol–water partition coefficient (Wildman–Crippen LogP) is 3.28. The first-order valence-corrected chi connectivity index (χ1v) is 6.87. The Morgan fingerprint density at radius 2 is 1.76 bits per heavy atom. The lowest BCUT2D eigenvalue weighted by atomic mass is 10.1. The molecule has 2 aromatic rings. The van der Waals surface area contributed by atoms with E-state index >= 15 is 0 Å². The third kappa shape index (κ3) is 4.13. The quantitative estimate of drug-likeness (QED) is 0.914. The van der Waals surface area contributed by atoms with E-state index in [2.05, 4.69) is 5.32 Å². The van der Waals surface area contributed by atoms with E-state index in [9.17, 15) is 9.18 Å². The van der Waals surface area contributed by atoms with Gasteiger partial charge in [-0.3, -0.25) is 9.69 Å². The van der Waals surface area contributed by atoms with Crippen LogP contribution in [0.2, 0.25) is 0 Å². The molecule has 0 saturated carbocycles. The Morgan fingerprint density at radius 3 is 2.43 bits per heavy atom. The molecule has 2 rings (SSSR count). The summed E-state index contributed by atoms with van der Waals surface area (Å²) in [6.45, 7) is 2.19. The highest BCUT2D eigenvalue weighted by Crippen LogP contribution is 2.12. The number of hydrogen-bond acceptors (Lipinski definition) is 2. The minimum absolute atomic E-state index is 0.111. The molecule has 1 N–H and O–H groups in total. The first-order chi connectivity index (χ1) is 10.1. The number of nitrogens with zero attached hydrogens (tertiary/aromatic N) is 1. The smallest absolute Gasteiger partial charge is 0.241 e. The molecule has 0 bridgehead atoms. The zero-order valence-corrected chi connectivity index (χ0v) is 12.2. The van der Waals surface area contributed by atoms with Crippen LogP contribution in [-0.4, -0.2) is 23.9 Å². The second-order valence-corrected chi connectivity index (χ2v) is 5.04. The molecule has 1 unspecified atom stereocenters. The van der Waals surface area contributed by atoms with Crippen molar-refractivity contribution in [2.24, 2.45) is 0 Å². The molecule has 0 radical (unpaired) electrons. The second-order valence-electron chi connectivity index (χ2n) is 5.04. The second kappa shape index (κ2) is 6.99. The van der Waals surface area contributed by atoms with Crippen LogP contribution >= 0.6 is 0 Å². The lowest BCUT2D eigenvalue weighted by Gasteiger charge is -2.24. The van der Waals surface area contributed by atoms with Crippen LogP contribution in [0, 0.1) is 5.82 Å². The van der Waals surface area contributed by atoms with Gasteiger partial charge in [0, 0.05) is 17.8 Å². The Morgan fingerprint density at radius 1 is 1.14 bits per heavy atom. The number of para-hydroxylation sites is 1. The first kappa shape index (κ1) is 15.2. The molecule has 0 aliphatic rings. The van der Waals surface area contributed by atoms with Crippen molar-refractivity contribution in [1.29, 1.82) is 0 Å². The molecule has 0 heterocycles. The van der Waals surface area contributed by atoms with Crippen LogP contribution in [0.1, 0.15) is 12.5 Å². The molecule has 1 amide bonds. The zero-order valence-electron chi connectivity index (χ0n) is 12.2. The summed E-state index contributed by atoms with van der Waals surface area (Å²) in [5, 5.41) is 2.85. The Bertz CT molecular complexity index is 601. The minimum Gasteiger partial charge on any atom is -0.325 e. The van der Waals surface area contributed by atoms with Crippen LogP contribution < -0.4 is 5.32 Å². The fourth-order valence-corrected chi connectivity index (χ4v) is 2.00. The molecule has 0 saturated heterocycles. The Labute approximate surface area is 124 Å². The molecule has 0 aliphatic carbocycles. The number of hydrogen-bond donors (Lipinski definition) is 1. The molecule has 2 aromatic carbocycles. The number of carbonyl (C=O) groups is 1. The summed E-state index contributed by atoms with van der Waals surface area (Å²) in [4.78, 5) is 14.0. The van der Waals surface area contributed by atoms with Crippen molar-refractivity contribution < 1.29 is 9.18 Å². The van der Waals surface area contributed by atoms with E-state index < -0.39 is 0 Å². The number of carbonyl (C=O) groups excluding carboxylic acids is 1. The van der Waals surface area contributed by atoms with Crippen LogP contribution in [0.25, 0.3) is 0 Å². The van der Waals surface area contributed by atoms with Crippen LogP contribution in [0.3, 0.4) is 0 Å². The predicted molar refractivity (Wildman–Crippen MR) is 82.4 cm³/mol. The molecule has 1 atom stereocenters. The van der Waals surface area contributed by atoms with Gasteiger partial charge in [-0.25, -0.2) is 4.39 Å². The summed E-state index contributed by atoms with van der Waals surface area (Å²) in [6.07, 6.45) is 0. The van der Waals surface area contributed by atoms with Gasteiger partial charge in [0.05, 0.1) is 6.04 Å². The van der Waals surface area contributed by atoms with Gasteiger partial charge in [0.1, 0.15) is 5.82 Å². The van der Waals surface area contributed by atoms with E-state index in [0.29, 0.717) is 12.1 Å². The lowest BCUT2D eigenvalue weighted by Crippen LogP contribution is -2.39. The molecule has 3 nitrogen and oxygen atoms in total. The van der Waals surface area contributed by atoms with Crippen molar-refractivity contribution in [2.75, 3.05) is 12.4 Å². The Hall–Kier alpha value is -2.20. The number of anilines is 1. The van der Waals surface area contributed by atoms with E-state index in [4.69, 9.17) is 0 Å². The van der Waals surface area contributed by atoms with E-state index in [0.717, 1.165) is 5.69 Å². The lowest BCUT2D eigenvalue weighted by molar-refractivity contribution is -0.120. The number of likely N-dealkylation sites (N-methyl/N-ethyl adjacent to an activating group) is 1. The Balaban J connectivity index is 1.97. The summed E-state index contributed by atoms with van der Waals surface area (Å²) < 4.78 is 13.6. The van der Waals surface area contributed by atoms with Crippen molar-refractivity contribution in [3.8, 4) is 0 Å². The van der Waals surface area contributed by atoms with Gasteiger partial charge in [-0.1, -0.05) is 36.4 Å². The summed E-state index contributed by atoms with van der Waals surface area (Å²) in [5.74, 6) is -0.361. The van der Waals surface area contributed by atoms with Crippen molar-refractivity contribution in [3.63, 3.8) is 0 Å². The van der Waals surface area contributed by atoms with Gasteiger partial charge < -0.3 is 5.32 Å². The van der Waals surface area contributed by atoms with Gasteiger partial charge in [-0.15, -0.1) is 0 Å². The SMILES string of the molecule is CC(C(=O)Nc1ccccc1)N(C)Cc1ccccc1F. The van der Waals surface area contributed by atoms with E-state index in [1.165, 1.54) is 6.07 Å². The average molecular weight is 286 g/mol. The monoisotopic (exact) mass is 286 g/mol. The molecule has 0 fully saturated rings. The number of benzene rings is 2. The number of amides is 1. The van der Waals surface area contributed by atoms with Crippen molar-refractivity contribution in [3.05, 3.63) is 66.0 Å². The Kier molecular flexibility index (Phi) is 5.06. The van der Waals surface area contributed by atoms with Crippen LogP contribution in [0.15, 0.2) is 54.6 Å². The van der Waals surface area contributed by atoms with Crippen LogP contribution in [0.4, 0.5) is 10.1 Å². The molecule has 0 spiro atoms. The van der Waals surface area contributed by atoms with E-state index in [1.54, 1.807) is 25.1 Å². The van der Waals surface area contributed by atoms with Gasteiger partial charge in [-0.2, -0.15) is 0 Å².